The van der Waals surface area contributed by atoms with Crippen molar-refractivity contribution in [3.63, 3.8) is 0 Å². The molecule has 3 nitrogen and oxygen atoms in total. The van der Waals surface area contributed by atoms with E-state index in [2.05, 4.69) is 39.7 Å². The Morgan fingerprint density at radius 1 is 1.33 bits per heavy atom. The predicted octanol–water partition coefficient (Wildman–Crippen LogP) is 4.04. The van der Waals surface area contributed by atoms with E-state index in [-0.39, 0.29) is 0 Å². The molecule has 0 fully saturated rings. The Hall–Kier alpha value is -1.36. The van der Waals surface area contributed by atoms with Gasteiger partial charge in [0.25, 0.3) is 0 Å². The summed E-state index contributed by atoms with van der Waals surface area (Å²) in [5.41, 5.74) is 5.01. The zero-order valence-electron chi connectivity index (χ0n) is 12.1. The van der Waals surface area contributed by atoms with E-state index in [0.29, 0.717) is 0 Å². The third-order valence-electron chi connectivity index (χ3n) is 4.14. The van der Waals surface area contributed by atoms with Gasteiger partial charge < -0.3 is 9.47 Å². The lowest BCUT2D eigenvalue weighted by Crippen LogP contribution is -2.27. The summed E-state index contributed by atoms with van der Waals surface area (Å²) in [7, 11) is 2.17. The zero-order valence-corrected chi connectivity index (χ0v) is 13.6. The van der Waals surface area contributed by atoms with Crippen molar-refractivity contribution in [1.29, 1.82) is 0 Å². The van der Waals surface area contributed by atoms with E-state index in [1.807, 2.05) is 13.1 Å². The normalized spacial score (nSPS) is 15.6. The second kappa shape index (κ2) is 4.83. The quantitative estimate of drug-likeness (QED) is 0.675. The van der Waals surface area contributed by atoms with Gasteiger partial charge in [-0.1, -0.05) is 11.6 Å². The molecule has 0 N–H and O–H groups in total. The second-order valence-electron chi connectivity index (χ2n) is 5.68. The van der Waals surface area contributed by atoms with Gasteiger partial charge in [0.05, 0.1) is 16.2 Å². The van der Waals surface area contributed by atoms with Crippen molar-refractivity contribution < 1.29 is 0 Å². The van der Waals surface area contributed by atoms with Crippen LogP contribution in [0.1, 0.15) is 17.0 Å². The molecule has 0 saturated heterocycles. The molecule has 0 radical (unpaired) electrons. The predicted molar refractivity (Wildman–Crippen MR) is 88.7 cm³/mol. The number of nitrogens with zero attached hydrogens (tertiary/aromatic N) is 3. The van der Waals surface area contributed by atoms with Crippen molar-refractivity contribution >= 4 is 33.2 Å². The lowest BCUT2D eigenvalue weighted by molar-refractivity contribution is 0.311. The Morgan fingerprint density at radius 2 is 2.19 bits per heavy atom. The first-order valence-corrected chi connectivity index (χ1v) is 8.26. The maximum Gasteiger partial charge on any atom is 0.109 e. The van der Waals surface area contributed by atoms with Gasteiger partial charge in [-0.2, -0.15) is 0 Å². The maximum atomic E-state index is 6.26. The zero-order chi connectivity index (χ0) is 14.6. The third-order valence-corrected chi connectivity index (χ3v) is 5.39. The molecule has 0 spiro atoms. The molecular weight excluding hydrogens is 302 g/mol. The van der Waals surface area contributed by atoms with Gasteiger partial charge in [0.15, 0.2) is 0 Å². The highest BCUT2D eigenvalue weighted by Crippen LogP contribution is 2.39. The molecule has 1 aliphatic heterocycles. The smallest absolute Gasteiger partial charge is 0.109 e. The molecule has 0 saturated carbocycles. The van der Waals surface area contributed by atoms with Crippen LogP contribution in [0, 0.1) is 6.92 Å². The second-order valence-corrected chi connectivity index (χ2v) is 7.34. The first-order chi connectivity index (χ1) is 10.1. The van der Waals surface area contributed by atoms with Crippen LogP contribution in [0.15, 0.2) is 24.4 Å². The standard InChI is InChI=1S/C16H16ClN3S/c1-10-3-4-11(8-18-10)20-14-5-6-19(2)9-13(14)12-7-15(17)21-16(12)20/h3-4,7-8H,5-6,9H2,1-2H3. The molecule has 0 aromatic carbocycles. The Kier molecular flexibility index (Phi) is 3.06. The molecule has 21 heavy (non-hydrogen) atoms. The molecule has 3 aromatic rings. The van der Waals surface area contributed by atoms with Gasteiger partial charge in [0.2, 0.25) is 0 Å². The number of thiophene rings is 1. The molecule has 0 atom stereocenters. The number of hydrogen-bond donors (Lipinski definition) is 0. The van der Waals surface area contributed by atoms with Crippen LogP contribution < -0.4 is 0 Å². The molecule has 0 amide bonds. The largest absolute Gasteiger partial charge is 0.303 e. The summed E-state index contributed by atoms with van der Waals surface area (Å²) in [6.45, 7) is 4.10. The van der Waals surface area contributed by atoms with Crippen molar-refractivity contribution in [2.75, 3.05) is 13.6 Å². The molecule has 108 valence electrons. The van der Waals surface area contributed by atoms with Crippen LogP contribution in [0.25, 0.3) is 15.9 Å². The van der Waals surface area contributed by atoms with Crippen LogP contribution >= 0.6 is 22.9 Å². The van der Waals surface area contributed by atoms with Gasteiger partial charge in [0.1, 0.15) is 4.83 Å². The van der Waals surface area contributed by atoms with Crippen LogP contribution in [0.5, 0.6) is 0 Å². The summed E-state index contributed by atoms with van der Waals surface area (Å²) < 4.78 is 3.20. The van der Waals surface area contributed by atoms with Crippen LogP contribution in [0.3, 0.4) is 0 Å². The number of likely N-dealkylation sites (N-methyl/N-ethyl adjacent to an activating group) is 1. The van der Waals surface area contributed by atoms with E-state index >= 15 is 0 Å². The molecule has 0 bridgehead atoms. The molecule has 0 unspecified atom stereocenters. The van der Waals surface area contributed by atoms with E-state index in [1.165, 1.54) is 21.5 Å². The molecule has 5 heteroatoms. The number of rotatable bonds is 1. The SMILES string of the molecule is Cc1ccc(-n2c3c(c4cc(Cl)sc42)CN(C)CC3)cn1. The summed E-state index contributed by atoms with van der Waals surface area (Å²) in [6, 6.07) is 6.32. The lowest BCUT2D eigenvalue weighted by atomic mass is 10.1. The molecule has 4 heterocycles. The van der Waals surface area contributed by atoms with E-state index in [9.17, 15) is 0 Å². The Balaban J connectivity index is 2.01. The summed E-state index contributed by atoms with van der Waals surface area (Å²) in [6.07, 6.45) is 3.03. The summed E-state index contributed by atoms with van der Waals surface area (Å²) in [5, 5.41) is 1.30. The van der Waals surface area contributed by atoms with Gasteiger partial charge in [-0.15, -0.1) is 11.3 Å². The Labute approximate surface area is 132 Å². The average molecular weight is 318 g/mol. The number of aryl methyl sites for hydroxylation is 1. The van der Waals surface area contributed by atoms with E-state index in [0.717, 1.165) is 35.2 Å². The maximum absolute atomic E-state index is 6.26. The number of hydrogen-bond acceptors (Lipinski definition) is 3. The molecule has 0 aliphatic carbocycles. The highest BCUT2D eigenvalue weighted by atomic mass is 35.5. The molecule has 3 aromatic heterocycles. The van der Waals surface area contributed by atoms with Crippen LogP contribution in [0.4, 0.5) is 0 Å². The van der Waals surface area contributed by atoms with Gasteiger partial charge in [-0.3, -0.25) is 4.98 Å². The number of aromatic nitrogens is 2. The molecule has 1 aliphatic rings. The number of fused-ring (bicyclic) bond motifs is 3. The van der Waals surface area contributed by atoms with E-state index in [4.69, 9.17) is 11.6 Å². The van der Waals surface area contributed by atoms with Gasteiger partial charge in [0, 0.05) is 36.3 Å². The van der Waals surface area contributed by atoms with Crippen molar-refractivity contribution in [1.82, 2.24) is 14.5 Å². The van der Waals surface area contributed by atoms with Crippen molar-refractivity contribution in [3.05, 3.63) is 45.7 Å². The molecule has 4 rings (SSSR count). The number of halogens is 1. The van der Waals surface area contributed by atoms with Gasteiger partial charge in [-0.05, 0) is 37.7 Å². The summed E-state index contributed by atoms with van der Waals surface area (Å²) in [5.74, 6) is 0. The van der Waals surface area contributed by atoms with Crippen molar-refractivity contribution in [2.45, 2.75) is 19.9 Å². The minimum atomic E-state index is 0.852. The lowest BCUT2D eigenvalue weighted by Gasteiger charge is -2.24. The topological polar surface area (TPSA) is 21.1 Å². The Morgan fingerprint density at radius 3 is 2.95 bits per heavy atom. The molecular formula is C16H16ClN3S. The fourth-order valence-electron chi connectivity index (χ4n) is 3.10. The third kappa shape index (κ3) is 2.09. The van der Waals surface area contributed by atoms with Crippen molar-refractivity contribution in [2.24, 2.45) is 0 Å². The first kappa shape index (κ1) is 13.3. The highest BCUT2D eigenvalue weighted by Gasteiger charge is 2.24. The fourth-order valence-corrected chi connectivity index (χ4v) is 4.39. The van der Waals surface area contributed by atoms with Crippen LogP contribution in [-0.4, -0.2) is 28.0 Å². The van der Waals surface area contributed by atoms with E-state index < -0.39 is 0 Å². The van der Waals surface area contributed by atoms with Crippen molar-refractivity contribution in [3.8, 4) is 5.69 Å². The average Bonchev–Trinajstić information content (AvgIpc) is 2.95. The van der Waals surface area contributed by atoms with Gasteiger partial charge >= 0.3 is 0 Å². The van der Waals surface area contributed by atoms with Crippen LogP contribution in [-0.2, 0) is 13.0 Å². The Bertz CT molecular complexity index is 816. The summed E-state index contributed by atoms with van der Waals surface area (Å²) in [4.78, 5) is 8.06. The summed E-state index contributed by atoms with van der Waals surface area (Å²) >= 11 is 7.92. The number of pyridine rings is 1. The van der Waals surface area contributed by atoms with Gasteiger partial charge in [-0.25, -0.2) is 0 Å². The minimum Gasteiger partial charge on any atom is -0.303 e. The first-order valence-electron chi connectivity index (χ1n) is 7.06. The van der Waals surface area contributed by atoms with E-state index in [1.54, 1.807) is 11.3 Å². The minimum absolute atomic E-state index is 0.852. The fraction of sp³-hybridized carbons (Fsp3) is 0.312. The highest BCUT2D eigenvalue weighted by molar-refractivity contribution is 7.22. The van der Waals surface area contributed by atoms with Crippen LogP contribution in [0.2, 0.25) is 4.34 Å². The monoisotopic (exact) mass is 317 g/mol.